The lowest BCUT2D eigenvalue weighted by atomic mass is 9.95. The Morgan fingerprint density at radius 3 is 2.76 bits per heavy atom. The predicted octanol–water partition coefficient (Wildman–Crippen LogP) is 1.45. The summed E-state index contributed by atoms with van der Waals surface area (Å²) < 4.78 is 10.6. The van der Waals surface area contributed by atoms with Crippen LogP contribution in [0.5, 0.6) is 0 Å². The fraction of sp³-hybridized carbons (Fsp3) is 0.538. The Morgan fingerprint density at radius 2 is 2.18 bits per heavy atom. The molecule has 0 aromatic heterocycles. The molecule has 0 radical (unpaired) electrons. The van der Waals surface area contributed by atoms with Crippen molar-refractivity contribution in [3.05, 3.63) is 23.3 Å². The van der Waals surface area contributed by atoms with E-state index >= 15 is 0 Å². The van der Waals surface area contributed by atoms with Gasteiger partial charge in [-0.2, -0.15) is 0 Å². The highest BCUT2D eigenvalue weighted by atomic mass is 16.5. The van der Waals surface area contributed by atoms with Crippen molar-refractivity contribution >= 4 is 12.1 Å². The third kappa shape index (κ3) is 3.61. The van der Waals surface area contributed by atoms with E-state index in [1.165, 1.54) is 6.08 Å². The molecule has 4 nitrogen and oxygen atoms in total. The largest absolute Gasteiger partial charge is 0.380 e. The standard InChI is InChI=1S/C13H18O4/c1-3-4-7-17-13-11(9-16-2)6-5-10(8-14)12(13)15/h5-6,8,13H,3-4,7,9H2,1-2H3. The van der Waals surface area contributed by atoms with Gasteiger partial charge in [0, 0.05) is 13.7 Å². The van der Waals surface area contributed by atoms with Gasteiger partial charge in [0.1, 0.15) is 6.10 Å². The number of ketones is 1. The van der Waals surface area contributed by atoms with Crippen LogP contribution in [0.15, 0.2) is 23.3 Å². The average molecular weight is 238 g/mol. The first kappa shape index (κ1) is 13.8. The Balaban J connectivity index is 2.75. The maximum atomic E-state index is 11.9. The van der Waals surface area contributed by atoms with Crippen LogP contribution in [-0.2, 0) is 19.1 Å². The number of carbonyl (C=O) groups excluding carboxylic acids is 2. The molecular formula is C13H18O4. The summed E-state index contributed by atoms with van der Waals surface area (Å²) in [6.45, 7) is 2.90. The van der Waals surface area contributed by atoms with E-state index in [1.807, 2.05) is 0 Å². The Labute approximate surface area is 101 Å². The lowest BCUT2D eigenvalue weighted by Crippen LogP contribution is -2.32. The summed E-state index contributed by atoms with van der Waals surface area (Å²) in [5.41, 5.74) is 0.922. The highest BCUT2D eigenvalue weighted by Crippen LogP contribution is 2.18. The SMILES string of the molecule is CCCCOC1C(=O)C(C=O)=CC=C1COC. The lowest BCUT2D eigenvalue weighted by Gasteiger charge is -2.22. The summed E-state index contributed by atoms with van der Waals surface area (Å²) in [4.78, 5) is 22.6. The van der Waals surface area contributed by atoms with Gasteiger partial charge in [0.2, 0.25) is 0 Å². The summed E-state index contributed by atoms with van der Waals surface area (Å²) in [7, 11) is 1.56. The molecule has 0 N–H and O–H groups in total. The molecule has 1 aliphatic rings. The van der Waals surface area contributed by atoms with Crippen LogP contribution in [0, 0.1) is 0 Å². The normalized spacial score (nSPS) is 19.9. The highest BCUT2D eigenvalue weighted by Gasteiger charge is 2.28. The monoisotopic (exact) mass is 238 g/mol. The molecule has 0 aliphatic heterocycles. The van der Waals surface area contributed by atoms with Crippen LogP contribution in [0.25, 0.3) is 0 Å². The second-order valence-corrected chi connectivity index (χ2v) is 3.88. The first-order chi connectivity index (χ1) is 8.24. The van der Waals surface area contributed by atoms with Gasteiger partial charge in [-0.15, -0.1) is 0 Å². The van der Waals surface area contributed by atoms with Crippen molar-refractivity contribution in [2.45, 2.75) is 25.9 Å². The van der Waals surface area contributed by atoms with Crippen molar-refractivity contribution in [2.24, 2.45) is 0 Å². The van der Waals surface area contributed by atoms with Crippen LogP contribution in [0.3, 0.4) is 0 Å². The molecule has 17 heavy (non-hydrogen) atoms. The number of ether oxygens (including phenoxy) is 2. The summed E-state index contributed by atoms with van der Waals surface area (Å²) >= 11 is 0. The molecule has 0 aromatic rings. The molecule has 0 fully saturated rings. The van der Waals surface area contributed by atoms with Gasteiger partial charge in [0.15, 0.2) is 12.1 Å². The number of methoxy groups -OCH3 is 1. The quantitative estimate of drug-likeness (QED) is 0.383. The minimum Gasteiger partial charge on any atom is -0.380 e. The molecule has 0 spiro atoms. The Morgan fingerprint density at radius 1 is 1.41 bits per heavy atom. The lowest BCUT2D eigenvalue weighted by molar-refractivity contribution is -0.126. The van der Waals surface area contributed by atoms with Crippen molar-refractivity contribution in [1.82, 2.24) is 0 Å². The van der Waals surface area contributed by atoms with Crippen LogP contribution < -0.4 is 0 Å². The van der Waals surface area contributed by atoms with E-state index in [9.17, 15) is 9.59 Å². The Hall–Kier alpha value is -1.26. The summed E-state index contributed by atoms with van der Waals surface area (Å²) in [6, 6.07) is 0. The van der Waals surface area contributed by atoms with Gasteiger partial charge >= 0.3 is 0 Å². The molecule has 1 unspecified atom stereocenters. The number of carbonyl (C=O) groups is 2. The zero-order valence-electron chi connectivity index (χ0n) is 10.3. The van der Waals surface area contributed by atoms with E-state index in [1.54, 1.807) is 13.2 Å². The van der Waals surface area contributed by atoms with E-state index in [2.05, 4.69) is 6.92 Å². The van der Waals surface area contributed by atoms with Crippen LogP contribution in [0.4, 0.5) is 0 Å². The van der Waals surface area contributed by atoms with Gasteiger partial charge < -0.3 is 9.47 Å². The van der Waals surface area contributed by atoms with Gasteiger partial charge in [-0.3, -0.25) is 9.59 Å². The van der Waals surface area contributed by atoms with Crippen LogP contribution in [0.1, 0.15) is 19.8 Å². The van der Waals surface area contributed by atoms with E-state index < -0.39 is 6.10 Å². The van der Waals surface area contributed by atoms with Gasteiger partial charge in [-0.1, -0.05) is 19.4 Å². The minimum atomic E-state index is -0.660. The molecule has 0 aromatic carbocycles. The van der Waals surface area contributed by atoms with Gasteiger partial charge in [-0.25, -0.2) is 0 Å². The van der Waals surface area contributed by atoms with Crippen molar-refractivity contribution < 1.29 is 19.1 Å². The predicted molar refractivity (Wildman–Crippen MR) is 63.8 cm³/mol. The number of hydrogen-bond donors (Lipinski definition) is 0. The highest BCUT2D eigenvalue weighted by molar-refractivity contribution is 6.16. The second kappa shape index (κ2) is 7.14. The number of allylic oxidation sites excluding steroid dienone is 2. The second-order valence-electron chi connectivity index (χ2n) is 3.88. The van der Waals surface area contributed by atoms with Gasteiger partial charge in [-0.05, 0) is 18.1 Å². The molecular weight excluding hydrogens is 220 g/mol. The average Bonchev–Trinajstić information content (AvgIpc) is 2.33. The molecule has 0 saturated carbocycles. The number of rotatable bonds is 7. The Bertz CT molecular complexity index is 341. The molecule has 4 heteroatoms. The molecule has 0 amide bonds. The first-order valence-electron chi connectivity index (χ1n) is 5.75. The van der Waals surface area contributed by atoms with Crippen LogP contribution in [0.2, 0.25) is 0 Å². The molecule has 94 valence electrons. The van der Waals surface area contributed by atoms with E-state index in [-0.39, 0.29) is 11.4 Å². The van der Waals surface area contributed by atoms with Crippen molar-refractivity contribution in [1.29, 1.82) is 0 Å². The number of aldehydes is 1. The summed E-state index contributed by atoms with van der Waals surface area (Å²) in [5, 5.41) is 0. The van der Waals surface area contributed by atoms with Crippen molar-refractivity contribution in [3.63, 3.8) is 0 Å². The van der Waals surface area contributed by atoms with E-state index in [0.717, 1.165) is 18.4 Å². The molecule has 0 saturated heterocycles. The number of unbranched alkanes of at least 4 members (excludes halogenated alkanes) is 1. The van der Waals surface area contributed by atoms with Gasteiger partial charge in [0.25, 0.3) is 0 Å². The maximum absolute atomic E-state index is 11.9. The molecule has 1 atom stereocenters. The number of Topliss-reactive ketones (excluding diaryl/α,β-unsaturated/α-hetero) is 1. The topological polar surface area (TPSA) is 52.6 Å². The third-order valence-electron chi connectivity index (χ3n) is 2.56. The smallest absolute Gasteiger partial charge is 0.199 e. The van der Waals surface area contributed by atoms with Crippen molar-refractivity contribution in [2.75, 3.05) is 20.3 Å². The third-order valence-corrected chi connectivity index (χ3v) is 2.56. The minimum absolute atomic E-state index is 0.159. The summed E-state index contributed by atoms with van der Waals surface area (Å²) in [6.07, 6.45) is 5.05. The fourth-order valence-corrected chi connectivity index (χ4v) is 1.60. The molecule has 1 rings (SSSR count). The zero-order chi connectivity index (χ0) is 12.7. The zero-order valence-corrected chi connectivity index (χ0v) is 10.3. The van der Waals surface area contributed by atoms with Crippen molar-refractivity contribution in [3.8, 4) is 0 Å². The Kier molecular flexibility index (Phi) is 5.80. The first-order valence-corrected chi connectivity index (χ1v) is 5.75. The summed E-state index contributed by atoms with van der Waals surface area (Å²) in [5.74, 6) is -0.273. The number of hydrogen-bond acceptors (Lipinski definition) is 4. The molecule has 0 bridgehead atoms. The molecule has 1 aliphatic carbocycles. The van der Waals surface area contributed by atoms with Crippen LogP contribution >= 0.6 is 0 Å². The van der Waals surface area contributed by atoms with E-state index in [4.69, 9.17) is 9.47 Å². The maximum Gasteiger partial charge on any atom is 0.199 e. The fourth-order valence-electron chi connectivity index (χ4n) is 1.60. The molecule has 0 heterocycles. The van der Waals surface area contributed by atoms with E-state index in [0.29, 0.717) is 19.5 Å². The van der Waals surface area contributed by atoms with Crippen LogP contribution in [-0.4, -0.2) is 38.5 Å². The van der Waals surface area contributed by atoms with Gasteiger partial charge in [0.05, 0.1) is 12.2 Å².